The lowest BCUT2D eigenvalue weighted by atomic mass is 10.2. The number of hydrogen-bond donors (Lipinski definition) is 2. The van der Waals surface area contributed by atoms with Crippen LogP contribution < -0.4 is 11.1 Å². The Hall–Kier alpha value is -1.36. The molecule has 1 amide bonds. The molecule has 0 unspecified atom stereocenters. The largest absolute Gasteiger partial charge is 0.369 e. The van der Waals surface area contributed by atoms with E-state index in [2.05, 4.69) is 15.3 Å². The molecule has 3 N–H and O–H groups in total. The second-order valence-corrected chi connectivity index (χ2v) is 4.26. The number of hydrogen-bond acceptors (Lipinski definition) is 4. The molecule has 0 aliphatic heterocycles. The van der Waals surface area contributed by atoms with Crippen LogP contribution in [0.1, 0.15) is 29.6 Å². The van der Waals surface area contributed by atoms with Gasteiger partial charge < -0.3 is 11.1 Å². The molecule has 86 valence electrons. The first kappa shape index (κ1) is 11.1. The van der Waals surface area contributed by atoms with Crippen molar-refractivity contribution in [2.75, 3.05) is 11.9 Å². The van der Waals surface area contributed by atoms with E-state index < -0.39 is 5.91 Å². The van der Waals surface area contributed by atoms with E-state index in [0.717, 1.165) is 18.9 Å². The second kappa shape index (κ2) is 4.65. The molecular formula is C10H13ClN4O. The van der Waals surface area contributed by atoms with E-state index in [-0.39, 0.29) is 10.8 Å². The minimum absolute atomic E-state index is 0.110. The van der Waals surface area contributed by atoms with Gasteiger partial charge in [0.05, 0.1) is 5.56 Å². The zero-order valence-corrected chi connectivity index (χ0v) is 9.50. The third kappa shape index (κ3) is 2.82. The number of primary amides is 1. The van der Waals surface area contributed by atoms with Gasteiger partial charge in [0.25, 0.3) is 5.91 Å². The van der Waals surface area contributed by atoms with Gasteiger partial charge in [-0.3, -0.25) is 4.79 Å². The molecule has 6 heteroatoms. The van der Waals surface area contributed by atoms with Crippen molar-refractivity contribution in [2.24, 2.45) is 11.7 Å². The topological polar surface area (TPSA) is 80.9 Å². The van der Waals surface area contributed by atoms with Gasteiger partial charge in [-0.15, -0.1) is 0 Å². The number of carbonyl (C=O) groups excluding carboxylic acids is 1. The highest BCUT2D eigenvalue weighted by Crippen LogP contribution is 2.32. The Morgan fingerprint density at radius 2 is 2.38 bits per heavy atom. The first-order chi connectivity index (χ1) is 7.66. The number of nitrogens with zero attached hydrogens (tertiary/aromatic N) is 2. The number of nitrogens with one attached hydrogen (secondary N) is 1. The SMILES string of the molecule is NC(=O)c1cnc(Cl)nc1NCCC1CC1. The van der Waals surface area contributed by atoms with Gasteiger partial charge in [0.15, 0.2) is 0 Å². The van der Waals surface area contributed by atoms with Crippen LogP contribution in [0.25, 0.3) is 0 Å². The van der Waals surface area contributed by atoms with Crippen molar-refractivity contribution in [3.63, 3.8) is 0 Å². The Morgan fingerprint density at radius 3 is 3.00 bits per heavy atom. The minimum Gasteiger partial charge on any atom is -0.369 e. The molecule has 16 heavy (non-hydrogen) atoms. The Kier molecular flexibility index (Phi) is 3.24. The van der Waals surface area contributed by atoms with E-state index in [0.29, 0.717) is 5.82 Å². The lowest BCUT2D eigenvalue weighted by Gasteiger charge is -2.08. The Bertz CT molecular complexity index is 406. The summed E-state index contributed by atoms with van der Waals surface area (Å²) >= 11 is 5.66. The molecule has 1 fully saturated rings. The van der Waals surface area contributed by atoms with Crippen LogP contribution in [0, 0.1) is 5.92 Å². The van der Waals surface area contributed by atoms with Crippen molar-refractivity contribution in [1.29, 1.82) is 0 Å². The van der Waals surface area contributed by atoms with E-state index >= 15 is 0 Å². The number of halogens is 1. The Balaban J connectivity index is 2.03. The molecule has 0 spiro atoms. The molecule has 1 aliphatic carbocycles. The number of amides is 1. The van der Waals surface area contributed by atoms with Crippen molar-refractivity contribution >= 4 is 23.3 Å². The van der Waals surface area contributed by atoms with Gasteiger partial charge in [-0.1, -0.05) is 12.8 Å². The lowest BCUT2D eigenvalue weighted by molar-refractivity contribution is 0.100. The van der Waals surface area contributed by atoms with Crippen LogP contribution >= 0.6 is 11.6 Å². The monoisotopic (exact) mass is 240 g/mol. The van der Waals surface area contributed by atoms with Gasteiger partial charge in [-0.25, -0.2) is 4.98 Å². The van der Waals surface area contributed by atoms with Crippen LogP contribution in [0.5, 0.6) is 0 Å². The van der Waals surface area contributed by atoms with Crippen molar-refractivity contribution in [1.82, 2.24) is 9.97 Å². The Morgan fingerprint density at radius 1 is 1.62 bits per heavy atom. The fourth-order valence-corrected chi connectivity index (χ4v) is 1.61. The van der Waals surface area contributed by atoms with E-state index in [1.807, 2.05) is 0 Å². The predicted octanol–water partition coefficient (Wildman–Crippen LogP) is 1.44. The van der Waals surface area contributed by atoms with Gasteiger partial charge in [-0.05, 0) is 23.9 Å². The van der Waals surface area contributed by atoms with Crippen LogP contribution in [-0.4, -0.2) is 22.4 Å². The summed E-state index contributed by atoms with van der Waals surface area (Å²) < 4.78 is 0. The van der Waals surface area contributed by atoms with E-state index in [9.17, 15) is 4.79 Å². The molecule has 5 nitrogen and oxygen atoms in total. The van der Waals surface area contributed by atoms with Crippen molar-refractivity contribution in [2.45, 2.75) is 19.3 Å². The van der Waals surface area contributed by atoms with Crippen LogP contribution in [-0.2, 0) is 0 Å². The standard InChI is InChI=1S/C10H13ClN4O/c11-10-14-5-7(8(12)16)9(15-10)13-4-3-6-1-2-6/h5-6H,1-4H2,(H2,12,16)(H,13,14,15). The highest BCUT2D eigenvalue weighted by molar-refractivity contribution is 6.28. The smallest absolute Gasteiger partial charge is 0.254 e. The summed E-state index contributed by atoms with van der Waals surface area (Å²) in [7, 11) is 0. The molecule has 0 bridgehead atoms. The fourth-order valence-electron chi connectivity index (χ4n) is 1.48. The summed E-state index contributed by atoms with van der Waals surface area (Å²) in [5.41, 5.74) is 5.48. The summed E-state index contributed by atoms with van der Waals surface area (Å²) in [6, 6.07) is 0. The van der Waals surface area contributed by atoms with Gasteiger partial charge in [0.2, 0.25) is 5.28 Å². The minimum atomic E-state index is -0.550. The number of rotatable bonds is 5. The molecule has 0 aromatic carbocycles. The maximum absolute atomic E-state index is 11.1. The van der Waals surface area contributed by atoms with E-state index in [4.69, 9.17) is 17.3 Å². The summed E-state index contributed by atoms with van der Waals surface area (Å²) in [6.45, 7) is 0.776. The van der Waals surface area contributed by atoms with Crippen molar-refractivity contribution in [3.05, 3.63) is 17.0 Å². The molecule has 1 aliphatic rings. The molecule has 1 saturated carbocycles. The van der Waals surface area contributed by atoms with Crippen LogP contribution in [0.15, 0.2) is 6.20 Å². The molecule has 1 aromatic heterocycles. The maximum atomic E-state index is 11.1. The van der Waals surface area contributed by atoms with Crippen LogP contribution in [0.2, 0.25) is 5.28 Å². The summed E-state index contributed by atoms with van der Waals surface area (Å²) in [5.74, 6) is 0.695. The Labute approximate surface area is 98.4 Å². The van der Waals surface area contributed by atoms with Crippen molar-refractivity contribution < 1.29 is 4.79 Å². The van der Waals surface area contributed by atoms with Crippen LogP contribution in [0.4, 0.5) is 5.82 Å². The van der Waals surface area contributed by atoms with Gasteiger partial charge in [-0.2, -0.15) is 4.98 Å². The maximum Gasteiger partial charge on any atom is 0.254 e. The number of anilines is 1. The van der Waals surface area contributed by atoms with E-state index in [1.165, 1.54) is 19.0 Å². The lowest BCUT2D eigenvalue weighted by Crippen LogP contribution is -2.17. The molecule has 2 rings (SSSR count). The zero-order chi connectivity index (χ0) is 11.5. The summed E-state index contributed by atoms with van der Waals surface area (Å²) in [4.78, 5) is 18.8. The van der Waals surface area contributed by atoms with Crippen LogP contribution in [0.3, 0.4) is 0 Å². The van der Waals surface area contributed by atoms with Gasteiger partial charge in [0.1, 0.15) is 5.82 Å². The van der Waals surface area contributed by atoms with Gasteiger partial charge >= 0.3 is 0 Å². The number of nitrogens with two attached hydrogens (primary N) is 1. The average molecular weight is 241 g/mol. The summed E-state index contributed by atoms with van der Waals surface area (Å²) in [6.07, 6.45) is 5.03. The normalized spacial score (nSPS) is 14.8. The van der Waals surface area contributed by atoms with Gasteiger partial charge in [0, 0.05) is 12.7 Å². The zero-order valence-electron chi connectivity index (χ0n) is 8.74. The fraction of sp³-hybridized carbons (Fsp3) is 0.500. The number of aromatic nitrogens is 2. The first-order valence-electron chi connectivity index (χ1n) is 5.23. The second-order valence-electron chi connectivity index (χ2n) is 3.92. The third-order valence-electron chi connectivity index (χ3n) is 2.57. The quantitative estimate of drug-likeness (QED) is 0.764. The molecule has 0 radical (unpaired) electrons. The molecule has 1 heterocycles. The molecule has 0 atom stereocenters. The number of carbonyl (C=O) groups is 1. The molecule has 1 aromatic rings. The first-order valence-corrected chi connectivity index (χ1v) is 5.61. The third-order valence-corrected chi connectivity index (χ3v) is 2.75. The predicted molar refractivity (Wildman–Crippen MR) is 61.4 cm³/mol. The molecule has 0 saturated heterocycles. The molecular weight excluding hydrogens is 228 g/mol. The average Bonchev–Trinajstić information content (AvgIpc) is 3.01. The summed E-state index contributed by atoms with van der Waals surface area (Å²) in [5, 5.41) is 3.18. The van der Waals surface area contributed by atoms with Crippen molar-refractivity contribution in [3.8, 4) is 0 Å². The van der Waals surface area contributed by atoms with E-state index in [1.54, 1.807) is 0 Å². The highest BCUT2D eigenvalue weighted by atomic mass is 35.5. The highest BCUT2D eigenvalue weighted by Gasteiger charge is 2.20.